The highest BCUT2D eigenvalue weighted by Crippen LogP contribution is 2.32. The number of nitrogens with one attached hydrogen (secondary N) is 1. The molecule has 5 rings (SSSR count). The molecule has 6 heteroatoms. The molecule has 0 aliphatic heterocycles. The van der Waals surface area contributed by atoms with E-state index in [2.05, 4.69) is 88.5 Å². The molecule has 0 radical (unpaired) electrons. The lowest BCUT2D eigenvalue weighted by Gasteiger charge is -2.16. The van der Waals surface area contributed by atoms with E-state index in [-0.39, 0.29) is 0 Å². The van der Waals surface area contributed by atoms with Gasteiger partial charge in [-0.15, -0.1) is 0 Å². The summed E-state index contributed by atoms with van der Waals surface area (Å²) in [5, 5.41) is 4.21. The highest BCUT2D eigenvalue weighted by atomic mass is 16.5. The molecule has 5 aromatic rings. The molecule has 0 aliphatic carbocycles. The number of aryl methyl sites for hydroxylation is 1. The largest absolute Gasteiger partial charge is 0.345 e. The second-order valence-corrected chi connectivity index (χ2v) is 7.98. The fourth-order valence-corrected chi connectivity index (χ4v) is 3.87. The zero-order valence-electron chi connectivity index (χ0n) is 17.8. The van der Waals surface area contributed by atoms with Gasteiger partial charge in [-0.1, -0.05) is 35.5 Å². The molecule has 0 aliphatic rings. The lowest BCUT2D eigenvalue weighted by molar-refractivity contribution is 0.403. The summed E-state index contributed by atoms with van der Waals surface area (Å²) in [5.41, 5.74) is 8.59. The zero-order chi connectivity index (χ0) is 21.4. The van der Waals surface area contributed by atoms with Crippen LogP contribution in [-0.4, -0.2) is 39.1 Å². The monoisotopic (exact) mass is 409 g/mol. The lowest BCUT2D eigenvalue weighted by atomic mass is 9.94. The molecule has 1 N–H and O–H groups in total. The van der Waals surface area contributed by atoms with E-state index < -0.39 is 0 Å². The lowest BCUT2D eigenvalue weighted by Crippen LogP contribution is -2.11. The van der Waals surface area contributed by atoms with E-state index in [1.165, 1.54) is 22.3 Å². The number of imidazole rings is 1. The minimum atomic E-state index is 0.510. The van der Waals surface area contributed by atoms with E-state index in [1.54, 1.807) is 6.33 Å². The van der Waals surface area contributed by atoms with Crippen molar-refractivity contribution in [3.63, 3.8) is 0 Å². The predicted octanol–water partition coefficient (Wildman–Crippen LogP) is 5.32. The van der Waals surface area contributed by atoms with Gasteiger partial charge < -0.3 is 14.4 Å². The third kappa shape index (κ3) is 3.73. The van der Waals surface area contributed by atoms with Crippen LogP contribution < -0.4 is 0 Å². The average molecular weight is 409 g/mol. The van der Waals surface area contributed by atoms with Crippen molar-refractivity contribution in [2.45, 2.75) is 13.5 Å². The first-order chi connectivity index (χ1) is 15.1. The Morgan fingerprint density at radius 3 is 2.61 bits per heavy atom. The van der Waals surface area contributed by atoms with Crippen molar-refractivity contribution in [2.75, 3.05) is 14.1 Å². The molecule has 0 spiro atoms. The number of rotatable bonds is 5. The first-order valence-corrected chi connectivity index (χ1v) is 10.2. The maximum atomic E-state index is 5.63. The fourth-order valence-electron chi connectivity index (χ4n) is 3.87. The summed E-state index contributed by atoms with van der Waals surface area (Å²) in [6.45, 7) is 2.96. The maximum Gasteiger partial charge on any atom is 0.258 e. The second-order valence-electron chi connectivity index (χ2n) is 7.98. The van der Waals surface area contributed by atoms with E-state index in [0.717, 1.165) is 28.7 Å². The van der Waals surface area contributed by atoms with E-state index in [0.29, 0.717) is 11.7 Å². The summed E-state index contributed by atoms with van der Waals surface area (Å²) in [7, 11) is 4.15. The molecule has 0 atom stereocenters. The number of nitrogens with zero attached hydrogens (tertiary/aromatic N) is 4. The van der Waals surface area contributed by atoms with E-state index in [9.17, 15) is 0 Å². The summed E-state index contributed by atoms with van der Waals surface area (Å²) in [6.07, 6.45) is 1.68. The predicted molar refractivity (Wildman–Crippen MR) is 122 cm³/mol. The van der Waals surface area contributed by atoms with Gasteiger partial charge in [-0.3, -0.25) is 0 Å². The number of aromatic amines is 1. The van der Waals surface area contributed by atoms with Gasteiger partial charge in [0.25, 0.3) is 5.89 Å². The second kappa shape index (κ2) is 7.81. The normalized spacial score (nSPS) is 11.5. The molecule has 2 heterocycles. The van der Waals surface area contributed by atoms with Gasteiger partial charge in [0, 0.05) is 17.7 Å². The molecule has 6 nitrogen and oxygen atoms in total. The fraction of sp³-hybridized carbons (Fsp3) is 0.160. The van der Waals surface area contributed by atoms with Gasteiger partial charge in [-0.2, -0.15) is 4.98 Å². The Kier molecular flexibility index (Phi) is 4.84. The molecule has 2 aromatic heterocycles. The van der Waals surface area contributed by atoms with Gasteiger partial charge in [0.2, 0.25) is 5.82 Å². The molecular formula is C25H23N5O. The summed E-state index contributed by atoms with van der Waals surface area (Å²) in [5.74, 6) is 1.07. The molecule has 0 saturated heterocycles. The van der Waals surface area contributed by atoms with Gasteiger partial charge in [0.1, 0.15) is 0 Å². The van der Waals surface area contributed by atoms with Crippen LogP contribution in [0.5, 0.6) is 0 Å². The first kappa shape index (κ1) is 19.2. The summed E-state index contributed by atoms with van der Waals surface area (Å²) in [6, 6.07) is 20.7. The van der Waals surface area contributed by atoms with E-state index in [1.807, 2.05) is 18.2 Å². The van der Waals surface area contributed by atoms with Crippen molar-refractivity contribution in [3.8, 4) is 34.0 Å². The van der Waals surface area contributed by atoms with Crippen LogP contribution in [0.25, 0.3) is 45.0 Å². The number of hydrogen-bond acceptors (Lipinski definition) is 5. The third-order valence-electron chi connectivity index (χ3n) is 5.38. The van der Waals surface area contributed by atoms with Crippen LogP contribution in [0.15, 0.2) is 71.5 Å². The number of aromatic nitrogens is 4. The van der Waals surface area contributed by atoms with Crippen LogP contribution in [0.4, 0.5) is 0 Å². The standard InChI is InChI=1S/C25H23N5O/c1-16-6-4-5-7-20(16)21-10-8-18(12-19(21)14-30(2)3)25-28-24(29-31-25)17-9-11-22-23(13-17)27-15-26-22/h4-13,15H,14H2,1-3H3,(H,26,27). The zero-order valence-corrected chi connectivity index (χ0v) is 17.8. The summed E-state index contributed by atoms with van der Waals surface area (Å²) < 4.78 is 5.63. The molecule has 0 fully saturated rings. The molecule has 31 heavy (non-hydrogen) atoms. The number of hydrogen-bond donors (Lipinski definition) is 1. The average Bonchev–Trinajstić information content (AvgIpc) is 3.43. The van der Waals surface area contributed by atoms with Crippen molar-refractivity contribution in [1.82, 2.24) is 25.0 Å². The van der Waals surface area contributed by atoms with Crippen molar-refractivity contribution < 1.29 is 4.52 Å². The third-order valence-corrected chi connectivity index (χ3v) is 5.38. The molecule has 3 aromatic carbocycles. The number of benzene rings is 3. The van der Waals surface area contributed by atoms with E-state index >= 15 is 0 Å². The smallest absolute Gasteiger partial charge is 0.258 e. The number of fused-ring (bicyclic) bond motifs is 1. The number of H-pyrrole nitrogens is 1. The van der Waals surface area contributed by atoms with Crippen LogP contribution in [-0.2, 0) is 6.54 Å². The van der Waals surface area contributed by atoms with Gasteiger partial charge in [-0.05, 0) is 73.6 Å². The minimum Gasteiger partial charge on any atom is -0.345 e. The molecule has 0 amide bonds. The summed E-state index contributed by atoms with van der Waals surface area (Å²) in [4.78, 5) is 14.2. The minimum absolute atomic E-state index is 0.510. The highest BCUT2D eigenvalue weighted by Gasteiger charge is 2.15. The Bertz CT molecular complexity index is 1370. The van der Waals surface area contributed by atoms with Crippen LogP contribution in [0.1, 0.15) is 11.1 Å². The van der Waals surface area contributed by atoms with Gasteiger partial charge in [-0.25, -0.2) is 4.98 Å². The molecular weight excluding hydrogens is 386 g/mol. The van der Waals surface area contributed by atoms with Crippen LogP contribution >= 0.6 is 0 Å². The Hall–Kier alpha value is -3.77. The maximum absolute atomic E-state index is 5.63. The summed E-state index contributed by atoms with van der Waals surface area (Å²) >= 11 is 0. The first-order valence-electron chi connectivity index (χ1n) is 10.2. The Balaban J connectivity index is 1.54. The topological polar surface area (TPSA) is 70.8 Å². The quantitative estimate of drug-likeness (QED) is 0.426. The highest BCUT2D eigenvalue weighted by molar-refractivity contribution is 5.80. The van der Waals surface area contributed by atoms with Crippen LogP contribution in [0.3, 0.4) is 0 Å². The van der Waals surface area contributed by atoms with Crippen LogP contribution in [0.2, 0.25) is 0 Å². The molecule has 0 unspecified atom stereocenters. The Morgan fingerprint density at radius 1 is 0.935 bits per heavy atom. The van der Waals surface area contributed by atoms with Crippen LogP contribution in [0, 0.1) is 6.92 Å². The SMILES string of the molecule is Cc1ccccc1-c1ccc(-c2nc(-c3ccc4nc[nH]c4c3)no2)cc1CN(C)C. The van der Waals surface area contributed by atoms with Gasteiger partial charge in [0.05, 0.1) is 17.4 Å². The van der Waals surface area contributed by atoms with Crippen molar-refractivity contribution in [2.24, 2.45) is 0 Å². The Morgan fingerprint density at radius 2 is 1.77 bits per heavy atom. The van der Waals surface area contributed by atoms with Crippen molar-refractivity contribution >= 4 is 11.0 Å². The molecule has 0 saturated carbocycles. The van der Waals surface area contributed by atoms with Crippen molar-refractivity contribution in [3.05, 3.63) is 78.1 Å². The van der Waals surface area contributed by atoms with Crippen molar-refractivity contribution in [1.29, 1.82) is 0 Å². The molecule has 154 valence electrons. The van der Waals surface area contributed by atoms with Gasteiger partial charge >= 0.3 is 0 Å². The van der Waals surface area contributed by atoms with Gasteiger partial charge in [0.15, 0.2) is 0 Å². The Labute approximate surface area is 180 Å². The van der Waals surface area contributed by atoms with E-state index in [4.69, 9.17) is 4.52 Å². The molecule has 0 bridgehead atoms.